The van der Waals surface area contributed by atoms with Gasteiger partial charge in [0, 0.05) is 19.7 Å². The lowest BCUT2D eigenvalue weighted by molar-refractivity contribution is -0.135. The molecule has 1 aliphatic heterocycles. The molecule has 0 aromatic rings. The van der Waals surface area contributed by atoms with Gasteiger partial charge in [-0.1, -0.05) is 0 Å². The number of nitrogens with zero attached hydrogens (tertiary/aromatic N) is 1. The Morgan fingerprint density at radius 2 is 2.06 bits per heavy atom. The van der Waals surface area contributed by atoms with E-state index in [0.717, 1.165) is 25.9 Å². The number of aliphatic hydroxyl groups is 1. The predicted octanol–water partition coefficient (Wildman–Crippen LogP) is 0.413. The van der Waals surface area contributed by atoms with Crippen molar-refractivity contribution >= 4 is 5.91 Å². The Balaban J connectivity index is 2.15. The SMILES string of the molecule is CCOCCC(=O)N1CCC(OCCO)CC1. The van der Waals surface area contributed by atoms with Crippen molar-refractivity contribution < 1.29 is 19.4 Å². The molecule has 0 radical (unpaired) electrons. The maximum Gasteiger partial charge on any atom is 0.224 e. The van der Waals surface area contributed by atoms with Gasteiger partial charge in [0.05, 0.1) is 32.3 Å². The highest BCUT2D eigenvalue weighted by molar-refractivity contribution is 5.76. The van der Waals surface area contributed by atoms with E-state index in [0.29, 0.717) is 26.2 Å². The largest absolute Gasteiger partial charge is 0.394 e. The molecule has 17 heavy (non-hydrogen) atoms. The monoisotopic (exact) mass is 245 g/mol. The van der Waals surface area contributed by atoms with Crippen molar-refractivity contribution in [1.82, 2.24) is 4.90 Å². The standard InChI is InChI=1S/C12H23NO4/c1-2-16-9-5-12(15)13-6-3-11(4-7-13)17-10-8-14/h11,14H,2-10H2,1H3. The summed E-state index contributed by atoms with van der Waals surface area (Å²) in [5.41, 5.74) is 0. The number of likely N-dealkylation sites (tertiary alicyclic amines) is 1. The second-order valence-electron chi connectivity index (χ2n) is 4.12. The van der Waals surface area contributed by atoms with Crippen LogP contribution in [0.15, 0.2) is 0 Å². The van der Waals surface area contributed by atoms with E-state index in [-0.39, 0.29) is 18.6 Å². The molecule has 0 saturated carbocycles. The van der Waals surface area contributed by atoms with Gasteiger partial charge >= 0.3 is 0 Å². The minimum Gasteiger partial charge on any atom is -0.394 e. The summed E-state index contributed by atoms with van der Waals surface area (Å²) in [7, 11) is 0. The zero-order chi connectivity index (χ0) is 12.5. The van der Waals surface area contributed by atoms with E-state index in [4.69, 9.17) is 14.6 Å². The van der Waals surface area contributed by atoms with Gasteiger partial charge in [0.1, 0.15) is 0 Å². The fourth-order valence-electron chi connectivity index (χ4n) is 1.95. The third kappa shape index (κ3) is 5.48. The maximum absolute atomic E-state index is 11.8. The van der Waals surface area contributed by atoms with Crippen LogP contribution in [0.4, 0.5) is 0 Å². The lowest BCUT2D eigenvalue weighted by atomic mass is 10.1. The van der Waals surface area contributed by atoms with Crippen LogP contribution in [0.25, 0.3) is 0 Å². The van der Waals surface area contributed by atoms with Gasteiger partial charge < -0.3 is 19.5 Å². The molecule has 1 aliphatic rings. The first-order valence-electron chi connectivity index (χ1n) is 6.36. The average Bonchev–Trinajstić information content (AvgIpc) is 2.37. The zero-order valence-electron chi connectivity index (χ0n) is 10.6. The first-order valence-corrected chi connectivity index (χ1v) is 6.36. The lowest BCUT2D eigenvalue weighted by Crippen LogP contribution is -2.41. The molecule has 0 aromatic heterocycles. The van der Waals surface area contributed by atoms with Gasteiger partial charge in [0.2, 0.25) is 5.91 Å². The van der Waals surface area contributed by atoms with Gasteiger partial charge in [-0.2, -0.15) is 0 Å². The van der Waals surface area contributed by atoms with Crippen molar-refractivity contribution in [3.05, 3.63) is 0 Å². The van der Waals surface area contributed by atoms with E-state index in [1.54, 1.807) is 0 Å². The summed E-state index contributed by atoms with van der Waals surface area (Å²) < 4.78 is 10.6. The van der Waals surface area contributed by atoms with Gasteiger partial charge in [-0.15, -0.1) is 0 Å². The van der Waals surface area contributed by atoms with E-state index in [2.05, 4.69) is 0 Å². The Labute approximate surface area is 103 Å². The van der Waals surface area contributed by atoms with Crippen LogP contribution in [-0.4, -0.2) is 61.5 Å². The molecule has 5 nitrogen and oxygen atoms in total. The number of hydrogen-bond donors (Lipinski definition) is 1. The molecule has 1 heterocycles. The molecule has 1 amide bonds. The number of amides is 1. The van der Waals surface area contributed by atoms with Crippen LogP contribution >= 0.6 is 0 Å². The quantitative estimate of drug-likeness (QED) is 0.660. The van der Waals surface area contributed by atoms with E-state index in [1.807, 2.05) is 11.8 Å². The molecule has 1 rings (SSSR count). The first kappa shape index (κ1) is 14.4. The van der Waals surface area contributed by atoms with Crippen molar-refractivity contribution in [1.29, 1.82) is 0 Å². The molecular formula is C12H23NO4. The Morgan fingerprint density at radius 1 is 1.35 bits per heavy atom. The summed E-state index contributed by atoms with van der Waals surface area (Å²) in [5.74, 6) is 0.166. The second kappa shape index (κ2) is 8.44. The second-order valence-corrected chi connectivity index (χ2v) is 4.12. The minimum absolute atomic E-state index is 0.0630. The Morgan fingerprint density at radius 3 is 2.65 bits per heavy atom. The summed E-state index contributed by atoms with van der Waals surface area (Å²) in [4.78, 5) is 13.6. The van der Waals surface area contributed by atoms with E-state index in [1.165, 1.54) is 0 Å². The minimum atomic E-state index is 0.0630. The normalized spacial score (nSPS) is 17.4. The van der Waals surface area contributed by atoms with Gasteiger partial charge in [-0.25, -0.2) is 0 Å². The molecule has 5 heteroatoms. The molecule has 0 aliphatic carbocycles. The molecule has 1 fully saturated rings. The molecule has 1 N–H and O–H groups in total. The number of piperidine rings is 1. The van der Waals surface area contributed by atoms with Crippen LogP contribution in [0, 0.1) is 0 Å². The Hall–Kier alpha value is -0.650. The third-order valence-corrected chi connectivity index (χ3v) is 2.90. The summed E-state index contributed by atoms with van der Waals surface area (Å²) in [6.45, 7) is 5.05. The highest BCUT2D eigenvalue weighted by Gasteiger charge is 2.22. The number of carbonyl (C=O) groups excluding carboxylic acids is 1. The van der Waals surface area contributed by atoms with Crippen LogP contribution in [0.3, 0.4) is 0 Å². The average molecular weight is 245 g/mol. The summed E-state index contributed by atoms with van der Waals surface area (Å²) in [6.07, 6.45) is 2.38. The van der Waals surface area contributed by atoms with Crippen LogP contribution in [0.1, 0.15) is 26.2 Å². The topological polar surface area (TPSA) is 59.0 Å². The smallest absolute Gasteiger partial charge is 0.224 e. The number of rotatable bonds is 7. The zero-order valence-corrected chi connectivity index (χ0v) is 10.6. The van der Waals surface area contributed by atoms with E-state index < -0.39 is 0 Å². The molecular weight excluding hydrogens is 222 g/mol. The Kier molecular flexibility index (Phi) is 7.16. The Bertz CT molecular complexity index is 215. The van der Waals surface area contributed by atoms with Gasteiger partial charge in [-0.3, -0.25) is 4.79 Å². The molecule has 1 saturated heterocycles. The summed E-state index contributed by atoms with van der Waals surface area (Å²) in [6, 6.07) is 0. The molecule has 0 atom stereocenters. The van der Waals surface area contributed by atoms with Crippen LogP contribution in [-0.2, 0) is 14.3 Å². The lowest BCUT2D eigenvalue weighted by Gasteiger charge is -2.31. The van der Waals surface area contributed by atoms with Crippen molar-refractivity contribution in [2.45, 2.75) is 32.3 Å². The third-order valence-electron chi connectivity index (χ3n) is 2.90. The van der Waals surface area contributed by atoms with Crippen LogP contribution in [0.2, 0.25) is 0 Å². The first-order chi connectivity index (χ1) is 8.27. The molecule has 0 spiro atoms. The van der Waals surface area contributed by atoms with Gasteiger partial charge in [0.25, 0.3) is 0 Å². The van der Waals surface area contributed by atoms with Crippen LogP contribution < -0.4 is 0 Å². The van der Waals surface area contributed by atoms with Crippen LogP contribution in [0.5, 0.6) is 0 Å². The summed E-state index contributed by atoms with van der Waals surface area (Å²) >= 11 is 0. The van der Waals surface area contributed by atoms with Crippen molar-refractivity contribution in [2.75, 3.05) is 39.5 Å². The van der Waals surface area contributed by atoms with Gasteiger partial charge in [-0.05, 0) is 19.8 Å². The number of ether oxygens (including phenoxy) is 2. The molecule has 0 bridgehead atoms. The summed E-state index contributed by atoms with van der Waals surface area (Å²) in [5, 5.41) is 8.65. The van der Waals surface area contributed by atoms with Crippen molar-refractivity contribution in [3.63, 3.8) is 0 Å². The molecule has 0 aromatic carbocycles. The van der Waals surface area contributed by atoms with Crippen molar-refractivity contribution in [2.24, 2.45) is 0 Å². The van der Waals surface area contributed by atoms with Gasteiger partial charge in [0.15, 0.2) is 0 Å². The maximum atomic E-state index is 11.8. The predicted molar refractivity (Wildman–Crippen MR) is 63.7 cm³/mol. The van der Waals surface area contributed by atoms with Crippen molar-refractivity contribution in [3.8, 4) is 0 Å². The van der Waals surface area contributed by atoms with E-state index >= 15 is 0 Å². The fraction of sp³-hybridized carbons (Fsp3) is 0.917. The highest BCUT2D eigenvalue weighted by atomic mass is 16.5. The highest BCUT2D eigenvalue weighted by Crippen LogP contribution is 2.14. The molecule has 0 unspecified atom stereocenters. The number of hydrogen-bond acceptors (Lipinski definition) is 4. The number of aliphatic hydroxyl groups excluding tert-OH is 1. The fourth-order valence-corrected chi connectivity index (χ4v) is 1.95. The molecule has 100 valence electrons. The number of carbonyl (C=O) groups is 1. The van der Waals surface area contributed by atoms with E-state index in [9.17, 15) is 4.79 Å².